The molecule has 2 aromatic carbocycles. The second kappa shape index (κ2) is 10.1. The summed E-state index contributed by atoms with van der Waals surface area (Å²) in [6.07, 6.45) is 2.20. The van der Waals surface area contributed by atoms with Gasteiger partial charge in [-0.1, -0.05) is 41.6 Å². The van der Waals surface area contributed by atoms with Crippen LogP contribution < -0.4 is 10.6 Å². The zero-order valence-corrected chi connectivity index (χ0v) is 18.9. The van der Waals surface area contributed by atoms with Crippen LogP contribution in [-0.4, -0.2) is 23.8 Å². The van der Waals surface area contributed by atoms with E-state index in [2.05, 4.69) is 16.7 Å². The third-order valence-corrected chi connectivity index (χ3v) is 6.85. The van der Waals surface area contributed by atoms with Crippen LogP contribution in [0.2, 0.25) is 5.02 Å². The van der Waals surface area contributed by atoms with Gasteiger partial charge in [0.05, 0.1) is 22.4 Å². The normalized spacial score (nSPS) is 16.1. The summed E-state index contributed by atoms with van der Waals surface area (Å²) in [6.45, 7) is 1.89. The summed E-state index contributed by atoms with van der Waals surface area (Å²) in [5, 5.41) is 16.3. The Kier molecular flexibility index (Phi) is 7.48. The molecule has 0 aromatic heterocycles. The molecule has 30 heavy (non-hydrogen) atoms. The van der Waals surface area contributed by atoms with Gasteiger partial charge < -0.3 is 10.6 Å². The lowest BCUT2D eigenvalue weighted by atomic mass is 9.87. The first-order valence-electron chi connectivity index (χ1n) is 9.18. The van der Waals surface area contributed by atoms with Crippen molar-refractivity contribution in [3.05, 3.63) is 69.2 Å². The van der Waals surface area contributed by atoms with Crippen molar-refractivity contribution in [2.75, 3.05) is 17.3 Å². The number of nitrogens with one attached hydrogen (secondary N) is 2. The standard InChI is InChI=1S/C22H20ClN3O2S2/c1-13-3-6-15(9-19(13)23)25-21(28)12-30-22-18(11-24)17(10-20(27)26-22)14-4-7-16(29-2)8-5-14/h3-9,17H,10,12H2,1-2H3,(H,25,28)(H,26,27)/t17-/m1/s1. The van der Waals surface area contributed by atoms with Gasteiger partial charge >= 0.3 is 0 Å². The van der Waals surface area contributed by atoms with Crippen LogP contribution in [0.3, 0.4) is 0 Å². The second-order valence-electron chi connectivity index (χ2n) is 6.73. The maximum absolute atomic E-state index is 12.4. The molecule has 0 fully saturated rings. The van der Waals surface area contributed by atoms with E-state index in [1.54, 1.807) is 23.9 Å². The van der Waals surface area contributed by atoms with Gasteiger partial charge in [-0.15, -0.1) is 11.8 Å². The van der Waals surface area contributed by atoms with Crippen molar-refractivity contribution in [1.82, 2.24) is 5.32 Å². The van der Waals surface area contributed by atoms with Gasteiger partial charge in [0.2, 0.25) is 11.8 Å². The molecule has 1 atom stereocenters. The van der Waals surface area contributed by atoms with E-state index in [1.165, 1.54) is 0 Å². The molecule has 2 amide bonds. The van der Waals surface area contributed by atoms with Crippen LogP contribution >= 0.6 is 35.1 Å². The van der Waals surface area contributed by atoms with Crippen LogP contribution in [0.4, 0.5) is 5.69 Å². The zero-order chi connectivity index (χ0) is 21.7. The molecular weight excluding hydrogens is 438 g/mol. The van der Waals surface area contributed by atoms with Gasteiger partial charge in [0, 0.05) is 27.9 Å². The number of rotatable bonds is 6. The number of hydrogen-bond acceptors (Lipinski definition) is 5. The Balaban J connectivity index is 1.74. The fourth-order valence-electron chi connectivity index (χ4n) is 3.06. The van der Waals surface area contributed by atoms with Gasteiger partial charge in [-0.2, -0.15) is 5.26 Å². The predicted octanol–water partition coefficient (Wildman–Crippen LogP) is 5.08. The molecule has 0 aliphatic carbocycles. The number of aryl methyl sites for hydroxylation is 1. The van der Waals surface area contributed by atoms with Crippen molar-refractivity contribution < 1.29 is 9.59 Å². The molecule has 5 nitrogen and oxygen atoms in total. The Morgan fingerprint density at radius 2 is 2.03 bits per heavy atom. The Morgan fingerprint density at radius 1 is 1.30 bits per heavy atom. The highest BCUT2D eigenvalue weighted by Gasteiger charge is 2.29. The number of benzene rings is 2. The van der Waals surface area contributed by atoms with Crippen LogP contribution in [0.25, 0.3) is 0 Å². The number of carbonyl (C=O) groups excluding carboxylic acids is 2. The summed E-state index contributed by atoms with van der Waals surface area (Å²) >= 11 is 8.88. The maximum Gasteiger partial charge on any atom is 0.234 e. The van der Waals surface area contributed by atoms with E-state index >= 15 is 0 Å². The largest absolute Gasteiger partial charge is 0.325 e. The first-order chi connectivity index (χ1) is 14.4. The van der Waals surface area contributed by atoms with Crippen LogP contribution in [0.15, 0.2) is 58.0 Å². The number of thioether (sulfide) groups is 2. The van der Waals surface area contributed by atoms with E-state index in [1.807, 2.05) is 43.5 Å². The Bertz CT molecular complexity index is 1050. The molecule has 0 saturated heterocycles. The number of amides is 2. The van der Waals surface area contributed by atoms with Gasteiger partial charge in [-0.3, -0.25) is 9.59 Å². The fraction of sp³-hybridized carbons (Fsp3) is 0.227. The number of allylic oxidation sites excluding steroid dienone is 1. The van der Waals surface area contributed by atoms with Crippen LogP contribution in [0.5, 0.6) is 0 Å². The van der Waals surface area contributed by atoms with Crippen molar-refractivity contribution >= 4 is 52.6 Å². The Labute approximate surface area is 189 Å². The number of nitrogens with zero attached hydrogens (tertiary/aromatic N) is 1. The molecule has 0 radical (unpaired) electrons. The molecule has 1 aliphatic rings. The maximum atomic E-state index is 12.4. The van der Waals surface area contributed by atoms with Crippen LogP contribution in [-0.2, 0) is 9.59 Å². The second-order valence-corrected chi connectivity index (χ2v) is 9.01. The topological polar surface area (TPSA) is 82.0 Å². The first-order valence-corrected chi connectivity index (χ1v) is 11.8. The number of halogens is 1. The minimum atomic E-state index is -0.318. The van der Waals surface area contributed by atoms with Crippen LogP contribution in [0.1, 0.15) is 23.5 Å². The van der Waals surface area contributed by atoms with Crippen molar-refractivity contribution in [3.63, 3.8) is 0 Å². The van der Waals surface area contributed by atoms with Gasteiger partial charge in [-0.05, 0) is 48.6 Å². The molecule has 8 heteroatoms. The summed E-state index contributed by atoms with van der Waals surface area (Å²) in [5.41, 5.74) is 2.92. The highest BCUT2D eigenvalue weighted by Crippen LogP contribution is 2.36. The van der Waals surface area contributed by atoms with E-state index in [0.29, 0.717) is 21.3 Å². The molecule has 1 aliphatic heterocycles. The lowest BCUT2D eigenvalue weighted by molar-refractivity contribution is -0.121. The lowest BCUT2D eigenvalue weighted by Crippen LogP contribution is -2.31. The summed E-state index contributed by atoms with van der Waals surface area (Å²) in [5.74, 6) is -0.669. The molecular formula is C22H20ClN3O2S2. The van der Waals surface area contributed by atoms with Gasteiger partial charge in [0.25, 0.3) is 0 Å². The summed E-state index contributed by atoms with van der Waals surface area (Å²) < 4.78 is 0. The molecule has 3 rings (SSSR count). The molecule has 0 unspecified atom stereocenters. The van der Waals surface area contributed by atoms with Gasteiger partial charge in [-0.25, -0.2) is 0 Å². The monoisotopic (exact) mass is 457 g/mol. The minimum Gasteiger partial charge on any atom is -0.325 e. The first kappa shape index (κ1) is 22.3. The number of nitriles is 1. The van der Waals surface area contributed by atoms with Crippen molar-refractivity contribution in [1.29, 1.82) is 5.26 Å². The lowest BCUT2D eigenvalue weighted by Gasteiger charge is -2.25. The van der Waals surface area contributed by atoms with E-state index in [-0.39, 0.29) is 29.9 Å². The molecule has 0 saturated carbocycles. The van der Waals surface area contributed by atoms with Crippen LogP contribution in [0, 0.1) is 18.3 Å². The summed E-state index contributed by atoms with van der Waals surface area (Å²) in [4.78, 5) is 25.7. The Morgan fingerprint density at radius 3 is 2.67 bits per heavy atom. The molecule has 154 valence electrons. The third-order valence-electron chi connectivity index (χ3n) is 4.68. The highest BCUT2D eigenvalue weighted by molar-refractivity contribution is 8.03. The number of carbonyl (C=O) groups is 2. The third kappa shape index (κ3) is 5.39. The van der Waals surface area contributed by atoms with E-state index < -0.39 is 0 Å². The molecule has 2 N–H and O–H groups in total. The molecule has 1 heterocycles. The van der Waals surface area contributed by atoms with Crippen molar-refractivity contribution in [2.45, 2.75) is 24.2 Å². The fourth-order valence-corrected chi connectivity index (χ4v) is 4.53. The number of anilines is 1. The van der Waals surface area contributed by atoms with E-state index in [4.69, 9.17) is 11.6 Å². The predicted molar refractivity (Wildman–Crippen MR) is 124 cm³/mol. The molecule has 0 spiro atoms. The quantitative estimate of drug-likeness (QED) is 0.591. The molecule has 0 bridgehead atoms. The number of hydrogen-bond donors (Lipinski definition) is 2. The van der Waals surface area contributed by atoms with Crippen molar-refractivity contribution in [2.24, 2.45) is 0 Å². The Hall–Kier alpha value is -2.40. The minimum absolute atomic E-state index is 0.0599. The average Bonchev–Trinajstić information content (AvgIpc) is 2.74. The van der Waals surface area contributed by atoms with Gasteiger partial charge in [0.15, 0.2) is 0 Å². The SMILES string of the molecule is CSc1ccc([C@H]2CC(=O)NC(SCC(=O)Nc3ccc(C)c(Cl)c3)=C2C#N)cc1. The van der Waals surface area contributed by atoms with E-state index in [0.717, 1.165) is 27.8 Å². The summed E-state index contributed by atoms with van der Waals surface area (Å²) in [6, 6.07) is 15.4. The zero-order valence-electron chi connectivity index (χ0n) is 16.5. The van der Waals surface area contributed by atoms with Gasteiger partial charge in [0.1, 0.15) is 0 Å². The summed E-state index contributed by atoms with van der Waals surface area (Å²) in [7, 11) is 0. The molecule has 2 aromatic rings. The average molecular weight is 458 g/mol. The smallest absolute Gasteiger partial charge is 0.234 e. The van der Waals surface area contributed by atoms with Crippen molar-refractivity contribution in [3.8, 4) is 6.07 Å². The highest BCUT2D eigenvalue weighted by atomic mass is 35.5. The van der Waals surface area contributed by atoms with E-state index in [9.17, 15) is 14.9 Å².